The smallest absolute Gasteiger partial charge is 0.339 e. The standard InChI is InChI=1S/C13H17N3O4/c14-6-8-3-4-16(7-8)13(20)15-9-1-2-10(12(18)19)11(17)5-9/h1-2,5,8,17H,3-4,6-7,14H2,(H,15,20)(H,18,19). The maximum absolute atomic E-state index is 12.0. The van der Waals surface area contributed by atoms with Crippen LogP contribution in [0.2, 0.25) is 0 Å². The predicted octanol–water partition coefficient (Wildman–Crippen LogP) is 0.903. The normalized spacial score (nSPS) is 18.1. The zero-order valence-corrected chi connectivity index (χ0v) is 10.9. The van der Waals surface area contributed by atoms with Crippen molar-refractivity contribution >= 4 is 17.7 Å². The molecule has 1 fully saturated rings. The van der Waals surface area contributed by atoms with Gasteiger partial charge < -0.3 is 26.2 Å². The molecule has 20 heavy (non-hydrogen) atoms. The van der Waals surface area contributed by atoms with Crippen LogP contribution in [0.4, 0.5) is 10.5 Å². The number of phenols is 1. The van der Waals surface area contributed by atoms with Crippen molar-refractivity contribution < 1.29 is 19.8 Å². The second kappa shape index (κ2) is 5.79. The number of likely N-dealkylation sites (tertiary alicyclic amines) is 1. The number of urea groups is 1. The van der Waals surface area contributed by atoms with Crippen LogP contribution >= 0.6 is 0 Å². The SMILES string of the molecule is NCC1CCN(C(=O)Nc2ccc(C(=O)O)c(O)c2)C1. The molecule has 0 bridgehead atoms. The lowest BCUT2D eigenvalue weighted by molar-refractivity contribution is 0.0694. The average Bonchev–Trinajstić information content (AvgIpc) is 2.87. The second-order valence-corrected chi connectivity index (χ2v) is 4.80. The Balaban J connectivity index is 2.02. The van der Waals surface area contributed by atoms with E-state index in [0.717, 1.165) is 6.42 Å². The van der Waals surface area contributed by atoms with Crippen molar-refractivity contribution in [2.75, 3.05) is 25.0 Å². The minimum Gasteiger partial charge on any atom is -0.507 e. The molecule has 108 valence electrons. The number of hydrogen-bond donors (Lipinski definition) is 4. The Morgan fingerprint density at radius 1 is 1.45 bits per heavy atom. The number of aromatic carboxylic acids is 1. The van der Waals surface area contributed by atoms with Crippen LogP contribution in [-0.2, 0) is 0 Å². The summed E-state index contributed by atoms with van der Waals surface area (Å²) in [7, 11) is 0. The van der Waals surface area contributed by atoms with Gasteiger partial charge >= 0.3 is 12.0 Å². The Morgan fingerprint density at radius 2 is 2.20 bits per heavy atom. The zero-order chi connectivity index (χ0) is 14.7. The molecule has 0 aromatic heterocycles. The summed E-state index contributed by atoms with van der Waals surface area (Å²) in [5, 5.41) is 21.0. The molecule has 0 spiro atoms. The van der Waals surface area contributed by atoms with Gasteiger partial charge in [0.1, 0.15) is 11.3 Å². The van der Waals surface area contributed by atoms with E-state index in [1.54, 1.807) is 4.90 Å². The van der Waals surface area contributed by atoms with Gasteiger partial charge in [-0.25, -0.2) is 9.59 Å². The maximum atomic E-state index is 12.0. The molecule has 1 atom stereocenters. The van der Waals surface area contributed by atoms with Gasteiger partial charge in [-0.3, -0.25) is 0 Å². The van der Waals surface area contributed by atoms with E-state index in [1.807, 2.05) is 0 Å². The van der Waals surface area contributed by atoms with Crippen molar-refractivity contribution in [2.24, 2.45) is 11.7 Å². The molecule has 5 N–H and O–H groups in total. The number of carbonyl (C=O) groups excluding carboxylic acids is 1. The van der Waals surface area contributed by atoms with Gasteiger partial charge in [-0.05, 0) is 31.0 Å². The Hall–Kier alpha value is -2.28. The number of carbonyl (C=O) groups is 2. The first kappa shape index (κ1) is 14.1. The number of benzene rings is 1. The van der Waals surface area contributed by atoms with Gasteiger partial charge in [-0.15, -0.1) is 0 Å². The predicted molar refractivity (Wildman–Crippen MR) is 72.8 cm³/mol. The molecule has 2 amide bonds. The third-order valence-corrected chi connectivity index (χ3v) is 3.39. The monoisotopic (exact) mass is 279 g/mol. The summed E-state index contributed by atoms with van der Waals surface area (Å²) in [4.78, 5) is 24.4. The Morgan fingerprint density at radius 3 is 2.75 bits per heavy atom. The Labute approximate surface area is 116 Å². The summed E-state index contributed by atoms with van der Waals surface area (Å²) in [5.74, 6) is -1.27. The van der Waals surface area contributed by atoms with Crippen LogP contribution in [-0.4, -0.2) is 46.7 Å². The maximum Gasteiger partial charge on any atom is 0.339 e. The highest BCUT2D eigenvalue weighted by Crippen LogP contribution is 2.23. The van der Waals surface area contributed by atoms with Crippen LogP contribution in [0.5, 0.6) is 5.75 Å². The molecular formula is C13H17N3O4. The summed E-state index contributed by atoms with van der Waals surface area (Å²) in [5.41, 5.74) is 5.72. The van der Waals surface area contributed by atoms with Gasteiger partial charge in [0.2, 0.25) is 0 Å². The van der Waals surface area contributed by atoms with Crippen molar-refractivity contribution in [3.8, 4) is 5.75 Å². The lowest BCUT2D eigenvalue weighted by atomic mass is 10.1. The van der Waals surface area contributed by atoms with E-state index in [2.05, 4.69) is 5.32 Å². The summed E-state index contributed by atoms with van der Waals surface area (Å²) in [6, 6.07) is 3.64. The fraction of sp³-hybridized carbons (Fsp3) is 0.385. The van der Waals surface area contributed by atoms with Crippen LogP contribution in [0.1, 0.15) is 16.8 Å². The minimum absolute atomic E-state index is 0.202. The fourth-order valence-electron chi connectivity index (χ4n) is 2.20. The molecule has 0 aliphatic carbocycles. The first-order valence-corrected chi connectivity index (χ1v) is 6.33. The van der Waals surface area contributed by atoms with Crippen molar-refractivity contribution in [3.63, 3.8) is 0 Å². The molecule has 1 aliphatic heterocycles. The molecule has 2 rings (SSSR count). The fourth-order valence-corrected chi connectivity index (χ4v) is 2.20. The van der Waals surface area contributed by atoms with Gasteiger partial charge in [-0.2, -0.15) is 0 Å². The highest BCUT2D eigenvalue weighted by atomic mass is 16.4. The van der Waals surface area contributed by atoms with Crippen molar-refractivity contribution in [2.45, 2.75) is 6.42 Å². The van der Waals surface area contributed by atoms with Gasteiger partial charge in [0.25, 0.3) is 0 Å². The van der Waals surface area contributed by atoms with E-state index < -0.39 is 5.97 Å². The highest BCUT2D eigenvalue weighted by Gasteiger charge is 2.25. The molecule has 0 radical (unpaired) electrons. The van der Waals surface area contributed by atoms with Crippen molar-refractivity contribution in [1.82, 2.24) is 4.90 Å². The van der Waals surface area contributed by atoms with Crippen LogP contribution in [0.15, 0.2) is 18.2 Å². The Bertz CT molecular complexity index is 532. The van der Waals surface area contributed by atoms with Crippen LogP contribution in [0, 0.1) is 5.92 Å². The van der Waals surface area contributed by atoms with Crippen LogP contribution < -0.4 is 11.1 Å². The summed E-state index contributed by atoms with van der Waals surface area (Å²) in [6.45, 7) is 1.81. The van der Waals surface area contributed by atoms with Crippen molar-refractivity contribution in [1.29, 1.82) is 0 Å². The van der Waals surface area contributed by atoms with E-state index in [0.29, 0.717) is 31.2 Å². The minimum atomic E-state index is -1.22. The zero-order valence-electron chi connectivity index (χ0n) is 10.9. The number of nitrogens with two attached hydrogens (primary N) is 1. The topological polar surface area (TPSA) is 116 Å². The third-order valence-electron chi connectivity index (χ3n) is 3.39. The first-order chi connectivity index (χ1) is 9.51. The Kier molecular flexibility index (Phi) is 4.09. The third kappa shape index (κ3) is 3.00. The molecule has 1 saturated heterocycles. The number of hydrogen-bond acceptors (Lipinski definition) is 4. The van der Waals surface area contributed by atoms with E-state index >= 15 is 0 Å². The highest BCUT2D eigenvalue weighted by molar-refractivity contribution is 5.94. The van der Waals surface area contributed by atoms with Crippen LogP contribution in [0.3, 0.4) is 0 Å². The molecular weight excluding hydrogens is 262 g/mol. The van der Waals surface area contributed by atoms with E-state index in [1.165, 1.54) is 18.2 Å². The van der Waals surface area contributed by atoms with Gasteiger partial charge in [0.05, 0.1) is 0 Å². The molecule has 1 aromatic rings. The summed E-state index contributed by atoms with van der Waals surface area (Å²) < 4.78 is 0. The quantitative estimate of drug-likeness (QED) is 0.656. The molecule has 1 heterocycles. The number of anilines is 1. The number of amides is 2. The van der Waals surface area contributed by atoms with Gasteiger partial charge in [0, 0.05) is 24.8 Å². The van der Waals surface area contributed by atoms with Gasteiger partial charge in [0.15, 0.2) is 0 Å². The summed E-state index contributed by atoms with van der Waals surface area (Å²) in [6.07, 6.45) is 0.882. The lowest BCUT2D eigenvalue weighted by Gasteiger charge is -2.17. The summed E-state index contributed by atoms with van der Waals surface area (Å²) >= 11 is 0. The first-order valence-electron chi connectivity index (χ1n) is 6.33. The lowest BCUT2D eigenvalue weighted by Crippen LogP contribution is -2.33. The number of nitrogens with zero attached hydrogens (tertiary/aromatic N) is 1. The molecule has 0 saturated carbocycles. The van der Waals surface area contributed by atoms with Crippen LogP contribution in [0.25, 0.3) is 0 Å². The van der Waals surface area contributed by atoms with E-state index in [-0.39, 0.29) is 17.3 Å². The second-order valence-electron chi connectivity index (χ2n) is 4.80. The molecule has 7 heteroatoms. The molecule has 1 aromatic carbocycles. The number of rotatable bonds is 3. The molecule has 1 aliphatic rings. The van der Waals surface area contributed by atoms with E-state index in [9.17, 15) is 14.7 Å². The number of carboxylic acids is 1. The number of nitrogens with one attached hydrogen (secondary N) is 1. The van der Waals surface area contributed by atoms with E-state index in [4.69, 9.17) is 10.8 Å². The molecule has 7 nitrogen and oxygen atoms in total. The van der Waals surface area contributed by atoms with Gasteiger partial charge in [-0.1, -0.05) is 0 Å². The van der Waals surface area contributed by atoms with Crippen molar-refractivity contribution in [3.05, 3.63) is 23.8 Å². The molecule has 1 unspecified atom stereocenters. The largest absolute Gasteiger partial charge is 0.507 e. The number of carboxylic acid groups (broad SMARTS) is 1. The number of aromatic hydroxyl groups is 1. The average molecular weight is 279 g/mol.